The van der Waals surface area contributed by atoms with Gasteiger partial charge in [-0.2, -0.15) is 0 Å². The Morgan fingerprint density at radius 3 is 3.12 bits per heavy atom. The molecule has 0 radical (unpaired) electrons. The van der Waals surface area contributed by atoms with Gasteiger partial charge in [-0.25, -0.2) is 0 Å². The molecule has 0 bridgehead atoms. The van der Waals surface area contributed by atoms with Crippen LogP contribution in [0, 0.1) is 0 Å². The summed E-state index contributed by atoms with van der Waals surface area (Å²) in [6, 6.07) is 2.84. The lowest BCUT2D eigenvalue weighted by atomic mass is 9.97. The second-order valence-corrected chi connectivity index (χ2v) is 4.79. The first-order valence-electron chi connectivity index (χ1n) is 6.31. The fourth-order valence-corrected chi connectivity index (χ4v) is 3.35. The highest BCUT2D eigenvalue weighted by atomic mass is 15.3. The lowest BCUT2D eigenvalue weighted by Crippen LogP contribution is -2.39. The van der Waals surface area contributed by atoms with Crippen LogP contribution in [0.3, 0.4) is 0 Å². The molecule has 86 valence electrons. The standard InChI is InChI=1S/C13H19N3/c1-3-9-7-10-11-8-14-6-5-12(11)15-13(10)16(9)4-2/h5-6,8-10,13,15H,3-4,7H2,1-2H3. The summed E-state index contributed by atoms with van der Waals surface area (Å²) >= 11 is 0. The summed E-state index contributed by atoms with van der Waals surface area (Å²) in [6.45, 7) is 5.68. The van der Waals surface area contributed by atoms with Gasteiger partial charge in [-0.1, -0.05) is 13.8 Å². The summed E-state index contributed by atoms with van der Waals surface area (Å²) in [5.41, 5.74) is 2.71. The minimum Gasteiger partial charge on any atom is -0.369 e. The summed E-state index contributed by atoms with van der Waals surface area (Å²) < 4.78 is 0. The number of anilines is 1. The van der Waals surface area contributed by atoms with Crippen molar-refractivity contribution in [3.63, 3.8) is 0 Å². The molecule has 3 rings (SSSR count). The predicted molar refractivity (Wildman–Crippen MR) is 65.5 cm³/mol. The summed E-state index contributed by atoms with van der Waals surface area (Å²) in [7, 11) is 0. The third-order valence-electron chi connectivity index (χ3n) is 4.12. The van der Waals surface area contributed by atoms with E-state index in [4.69, 9.17) is 0 Å². The van der Waals surface area contributed by atoms with Gasteiger partial charge in [-0.15, -0.1) is 0 Å². The van der Waals surface area contributed by atoms with Crippen molar-refractivity contribution in [3.05, 3.63) is 24.0 Å². The summed E-state index contributed by atoms with van der Waals surface area (Å²) in [4.78, 5) is 6.86. The second kappa shape index (κ2) is 3.74. The maximum absolute atomic E-state index is 4.26. The second-order valence-electron chi connectivity index (χ2n) is 4.79. The van der Waals surface area contributed by atoms with Crippen molar-refractivity contribution < 1.29 is 0 Å². The van der Waals surface area contributed by atoms with Gasteiger partial charge in [0.05, 0.1) is 6.17 Å². The van der Waals surface area contributed by atoms with Crippen molar-refractivity contribution in [2.45, 2.75) is 44.8 Å². The van der Waals surface area contributed by atoms with Crippen molar-refractivity contribution in [2.24, 2.45) is 0 Å². The zero-order chi connectivity index (χ0) is 11.1. The van der Waals surface area contributed by atoms with Crippen LogP contribution in [0.2, 0.25) is 0 Å². The third kappa shape index (κ3) is 1.27. The molecule has 0 spiro atoms. The van der Waals surface area contributed by atoms with E-state index in [1.807, 2.05) is 12.4 Å². The van der Waals surface area contributed by atoms with E-state index in [0.717, 1.165) is 12.6 Å². The van der Waals surface area contributed by atoms with Crippen molar-refractivity contribution in [1.29, 1.82) is 0 Å². The van der Waals surface area contributed by atoms with Crippen LogP contribution in [0.4, 0.5) is 5.69 Å². The van der Waals surface area contributed by atoms with Gasteiger partial charge in [-0.05, 0) is 25.5 Å². The summed E-state index contributed by atoms with van der Waals surface area (Å²) in [6.07, 6.45) is 6.95. The Kier molecular flexibility index (Phi) is 2.36. The number of likely N-dealkylation sites (tertiary alicyclic amines) is 1. The molecule has 1 saturated heterocycles. The molecule has 0 saturated carbocycles. The minimum atomic E-state index is 0.508. The molecule has 3 unspecified atom stereocenters. The molecule has 1 fully saturated rings. The number of rotatable bonds is 2. The summed E-state index contributed by atoms with van der Waals surface area (Å²) in [5.74, 6) is 0.647. The average molecular weight is 217 g/mol. The van der Waals surface area contributed by atoms with Crippen LogP contribution < -0.4 is 5.32 Å². The Hall–Kier alpha value is -1.09. The molecule has 0 aliphatic carbocycles. The first-order valence-corrected chi connectivity index (χ1v) is 6.31. The minimum absolute atomic E-state index is 0.508. The van der Waals surface area contributed by atoms with Gasteiger partial charge in [0, 0.05) is 35.6 Å². The maximum atomic E-state index is 4.26. The topological polar surface area (TPSA) is 28.2 Å². The highest BCUT2D eigenvalue weighted by Crippen LogP contribution is 2.45. The Morgan fingerprint density at radius 2 is 2.38 bits per heavy atom. The number of hydrogen-bond donors (Lipinski definition) is 1. The number of likely N-dealkylation sites (N-methyl/N-ethyl adjacent to an activating group) is 1. The fraction of sp³-hybridized carbons (Fsp3) is 0.615. The molecule has 0 amide bonds. The van der Waals surface area contributed by atoms with Gasteiger partial charge in [0.15, 0.2) is 0 Å². The smallest absolute Gasteiger partial charge is 0.0867 e. The van der Waals surface area contributed by atoms with Crippen molar-refractivity contribution in [2.75, 3.05) is 11.9 Å². The zero-order valence-corrected chi connectivity index (χ0v) is 9.98. The van der Waals surface area contributed by atoms with E-state index in [1.54, 1.807) is 0 Å². The van der Waals surface area contributed by atoms with Crippen LogP contribution in [0.5, 0.6) is 0 Å². The molecule has 2 aliphatic rings. The van der Waals surface area contributed by atoms with E-state index in [-0.39, 0.29) is 0 Å². The number of aromatic nitrogens is 1. The van der Waals surface area contributed by atoms with Crippen molar-refractivity contribution >= 4 is 5.69 Å². The van der Waals surface area contributed by atoms with Crippen LogP contribution in [-0.2, 0) is 0 Å². The number of nitrogens with one attached hydrogen (secondary N) is 1. The van der Waals surface area contributed by atoms with E-state index >= 15 is 0 Å². The number of pyridine rings is 1. The van der Waals surface area contributed by atoms with Crippen LogP contribution in [0.25, 0.3) is 0 Å². The van der Waals surface area contributed by atoms with Crippen LogP contribution in [-0.4, -0.2) is 28.6 Å². The van der Waals surface area contributed by atoms with Gasteiger partial charge in [0.1, 0.15) is 0 Å². The Morgan fingerprint density at radius 1 is 1.50 bits per heavy atom. The van der Waals surface area contributed by atoms with Crippen LogP contribution >= 0.6 is 0 Å². The molecule has 3 heteroatoms. The van der Waals surface area contributed by atoms with Crippen LogP contribution in [0.15, 0.2) is 18.5 Å². The number of fused-ring (bicyclic) bond motifs is 3. The molecule has 3 heterocycles. The quantitative estimate of drug-likeness (QED) is 0.824. The molecule has 3 atom stereocenters. The van der Waals surface area contributed by atoms with Gasteiger partial charge in [0.2, 0.25) is 0 Å². The Balaban J connectivity index is 1.94. The largest absolute Gasteiger partial charge is 0.369 e. The number of hydrogen-bond acceptors (Lipinski definition) is 3. The average Bonchev–Trinajstić information content (AvgIpc) is 2.83. The lowest BCUT2D eigenvalue weighted by Gasteiger charge is -2.28. The third-order valence-corrected chi connectivity index (χ3v) is 4.12. The fourth-order valence-electron chi connectivity index (χ4n) is 3.35. The van der Waals surface area contributed by atoms with E-state index in [1.165, 1.54) is 24.1 Å². The normalized spacial score (nSPS) is 32.2. The summed E-state index contributed by atoms with van der Waals surface area (Å²) in [5, 5.41) is 3.65. The van der Waals surface area contributed by atoms with Gasteiger partial charge < -0.3 is 5.32 Å². The van der Waals surface area contributed by atoms with E-state index in [9.17, 15) is 0 Å². The molecular weight excluding hydrogens is 198 g/mol. The molecule has 16 heavy (non-hydrogen) atoms. The molecule has 0 aromatic carbocycles. The molecule has 3 nitrogen and oxygen atoms in total. The predicted octanol–water partition coefficient (Wildman–Crippen LogP) is 2.42. The zero-order valence-electron chi connectivity index (χ0n) is 9.98. The van der Waals surface area contributed by atoms with Crippen molar-refractivity contribution in [3.8, 4) is 0 Å². The molecular formula is C13H19N3. The first-order chi connectivity index (χ1) is 7.85. The lowest BCUT2D eigenvalue weighted by molar-refractivity contribution is 0.214. The van der Waals surface area contributed by atoms with Gasteiger partial charge in [-0.3, -0.25) is 9.88 Å². The molecule has 1 aromatic heterocycles. The SMILES string of the molecule is CCC1CC2c3cnccc3NC2N1CC. The molecule has 1 N–H and O–H groups in total. The molecule has 1 aromatic rings. The Bertz CT molecular complexity index is 391. The van der Waals surface area contributed by atoms with E-state index < -0.39 is 0 Å². The van der Waals surface area contributed by atoms with E-state index in [2.05, 4.69) is 35.1 Å². The van der Waals surface area contributed by atoms with Crippen molar-refractivity contribution in [1.82, 2.24) is 9.88 Å². The maximum Gasteiger partial charge on any atom is 0.0867 e. The highest BCUT2D eigenvalue weighted by molar-refractivity contribution is 5.58. The monoisotopic (exact) mass is 217 g/mol. The highest BCUT2D eigenvalue weighted by Gasteiger charge is 2.44. The van der Waals surface area contributed by atoms with Gasteiger partial charge in [0.25, 0.3) is 0 Å². The number of nitrogens with zero attached hydrogens (tertiary/aromatic N) is 2. The Labute approximate surface area is 96.9 Å². The first kappa shape index (κ1) is 10.1. The van der Waals surface area contributed by atoms with E-state index in [0.29, 0.717) is 12.1 Å². The molecule has 2 aliphatic heterocycles. The van der Waals surface area contributed by atoms with Crippen LogP contribution in [0.1, 0.15) is 38.2 Å². The van der Waals surface area contributed by atoms with Gasteiger partial charge >= 0.3 is 0 Å².